The van der Waals surface area contributed by atoms with Crippen molar-refractivity contribution in [2.45, 2.75) is 43.4 Å². The molecule has 1 aromatic carbocycles. The molecule has 30 heavy (non-hydrogen) atoms. The van der Waals surface area contributed by atoms with Crippen LogP contribution in [0.2, 0.25) is 0 Å². The highest BCUT2D eigenvalue weighted by Gasteiger charge is 2.30. The molecule has 0 saturated carbocycles. The van der Waals surface area contributed by atoms with E-state index >= 15 is 0 Å². The van der Waals surface area contributed by atoms with Gasteiger partial charge in [0.05, 0.1) is 0 Å². The second-order valence-electron chi connectivity index (χ2n) is 7.97. The van der Waals surface area contributed by atoms with Gasteiger partial charge in [0.25, 0.3) is 0 Å². The van der Waals surface area contributed by atoms with Gasteiger partial charge >= 0.3 is 5.97 Å². The summed E-state index contributed by atoms with van der Waals surface area (Å²) in [5, 5.41) is 0. The maximum absolute atomic E-state index is 12.7. The summed E-state index contributed by atoms with van der Waals surface area (Å²) < 4.78 is 33.5. The van der Waals surface area contributed by atoms with E-state index in [1.165, 1.54) is 38.7 Å². The lowest BCUT2D eigenvalue weighted by Gasteiger charge is -2.16. The molecule has 0 amide bonds. The fraction of sp³-hybridized carbons (Fsp3) is 0.455. The number of carbonyl (C=O) groups is 2. The standard InChI is InChI=1S/C22H26N2O5S/c1-23-14-19(30(27,28)24-10-4-5-11-24)13-20(23)22(26)29-15-21(25)18-9-8-16-6-2-3-7-17(16)12-18/h8-9,12-14H,2-7,10-11,15H2,1H3. The zero-order valence-corrected chi connectivity index (χ0v) is 17.9. The van der Waals surface area contributed by atoms with Crippen molar-refractivity contribution in [3.05, 3.63) is 52.8 Å². The van der Waals surface area contributed by atoms with Crippen molar-refractivity contribution < 1.29 is 22.7 Å². The molecule has 2 aromatic rings. The quantitative estimate of drug-likeness (QED) is 0.520. The number of carbonyl (C=O) groups excluding carboxylic acids is 2. The Morgan fingerprint density at radius 2 is 1.70 bits per heavy atom. The van der Waals surface area contributed by atoms with Crippen LogP contribution in [0.15, 0.2) is 35.4 Å². The Balaban J connectivity index is 1.43. The highest BCUT2D eigenvalue weighted by Crippen LogP contribution is 2.24. The van der Waals surface area contributed by atoms with Crippen molar-refractivity contribution in [2.75, 3.05) is 19.7 Å². The predicted octanol–water partition coefficient (Wildman–Crippen LogP) is 2.73. The van der Waals surface area contributed by atoms with Crippen molar-refractivity contribution >= 4 is 21.8 Å². The summed E-state index contributed by atoms with van der Waals surface area (Å²) in [6.07, 6.45) is 7.38. The monoisotopic (exact) mass is 430 g/mol. The molecule has 8 heteroatoms. The number of hydrogen-bond donors (Lipinski definition) is 0. The van der Waals surface area contributed by atoms with Crippen LogP contribution in [0.5, 0.6) is 0 Å². The normalized spacial score (nSPS) is 17.0. The highest BCUT2D eigenvalue weighted by atomic mass is 32.2. The first kappa shape index (κ1) is 20.8. The van der Waals surface area contributed by atoms with Crippen LogP contribution in [0.25, 0.3) is 0 Å². The Morgan fingerprint density at radius 3 is 2.43 bits per heavy atom. The second-order valence-corrected chi connectivity index (χ2v) is 9.91. The molecule has 160 valence electrons. The van der Waals surface area contributed by atoms with Gasteiger partial charge in [0.15, 0.2) is 12.4 Å². The number of hydrogen-bond acceptors (Lipinski definition) is 5. The smallest absolute Gasteiger partial charge is 0.355 e. The van der Waals surface area contributed by atoms with Gasteiger partial charge in [-0.25, -0.2) is 13.2 Å². The molecule has 0 spiro atoms. The topological polar surface area (TPSA) is 85.7 Å². The molecule has 0 bridgehead atoms. The van der Waals surface area contributed by atoms with Crippen molar-refractivity contribution in [1.29, 1.82) is 0 Å². The number of ether oxygens (including phenoxy) is 1. The zero-order valence-electron chi connectivity index (χ0n) is 17.1. The minimum Gasteiger partial charge on any atom is -0.453 e. The molecule has 4 rings (SSSR count). The lowest BCUT2D eigenvalue weighted by Crippen LogP contribution is -2.27. The summed E-state index contributed by atoms with van der Waals surface area (Å²) in [6, 6.07) is 6.98. The molecular weight excluding hydrogens is 404 g/mol. The van der Waals surface area contributed by atoms with Crippen molar-refractivity contribution in [3.8, 4) is 0 Å². The van der Waals surface area contributed by atoms with E-state index in [4.69, 9.17) is 4.74 Å². The van der Waals surface area contributed by atoms with Crippen LogP contribution in [-0.2, 0) is 34.6 Å². The van der Waals surface area contributed by atoms with Gasteiger partial charge in [0.2, 0.25) is 10.0 Å². The maximum Gasteiger partial charge on any atom is 0.355 e. The van der Waals surface area contributed by atoms with Gasteiger partial charge in [-0.1, -0.05) is 12.1 Å². The van der Waals surface area contributed by atoms with Crippen molar-refractivity contribution in [2.24, 2.45) is 7.05 Å². The van der Waals surface area contributed by atoms with E-state index in [2.05, 4.69) is 0 Å². The molecule has 0 unspecified atom stereocenters. The summed E-state index contributed by atoms with van der Waals surface area (Å²) in [7, 11) is -2.03. The van der Waals surface area contributed by atoms with Crippen LogP contribution >= 0.6 is 0 Å². The summed E-state index contributed by atoms with van der Waals surface area (Å²) in [5.41, 5.74) is 3.11. The molecule has 1 aliphatic carbocycles. The van der Waals surface area contributed by atoms with E-state index in [-0.39, 0.29) is 23.0 Å². The lowest BCUT2D eigenvalue weighted by molar-refractivity contribution is 0.0465. The second kappa shape index (κ2) is 8.35. The van der Waals surface area contributed by atoms with Gasteiger partial charge in [-0.2, -0.15) is 4.31 Å². The number of rotatable bonds is 6. The van der Waals surface area contributed by atoms with E-state index in [0.29, 0.717) is 18.7 Å². The van der Waals surface area contributed by atoms with E-state index < -0.39 is 16.0 Å². The van der Waals surface area contributed by atoms with Crippen molar-refractivity contribution in [1.82, 2.24) is 8.87 Å². The molecule has 1 aromatic heterocycles. The first-order valence-corrected chi connectivity index (χ1v) is 11.8. The molecule has 1 aliphatic heterocycles. The summed E-state index contributed by atoms with van der Waals surface area (Å²) in [4.78, 5) is 25.1. The van der Waals surface area contributed by atoms with Gasteiger partial charge in [0, 0.05) is 31.9 Å². The number of benzene rings is 1. The number of nitrogens with zero attached hydrogens (tertiary/aromatic N) is 2. The molecule has 2 aliphatic rings. The van der Waals surface area contributed by atoms with Gasteiger partial charge < -0.3 is 9.30 Å². The number of ketones is 1. The van der Waals surface area contributed by atoms with Crippen LogP contribution in [0.3, 0.4) is 0 Å². The molecule has 2 heterocycles. The lowest BCUT2D eigenvalue weighted by atomic mass is 9.90. The number of aromatic nitrogens is 1. The number of esters is 1. The number of Topliss-reactive ketones (excluding diaryl/α,β-unsaturated/α-hetero) is 1. The average molecular weight is 431 g/mol. The van der Waals surface area contributed by atoms with E-state index in [1.807, 2.05) is 12.1 Å². The maximum atomic E-state index is 12.7. The fourth-order valence-electron chi connectivity index (χ4n) is 4.15. The van der Waals surface area contributed by atoms with Crippen LogP contribution < -0.4 is 0 Å². The Morgan fingerprint density at radius 1 is 1.00 bits per heavy atom. The Kier molecular flexibility index (Phi) is 5.79. The number of sulfonamides is 1. The van der Waals surface area contributed by atoms with Gasteiger partial charge in [0.1, 0.15) is 10.6 Å². The number of fused-ring (bicyclic) bond motifs is 1. The molecular formula is C22H26N2O5S. The third-order valence-corrected chi connectivity index (χ3v) is 7.76. The Labute approximate surface area is 176 Å². The average Bonchev–Trinajstić information content (AvgIpc) is 3.42. The minimum absolute atomic E-state index is 0.0693. The molecule has 1 fully saturated rings. The van der Waals surface area contributed by atoms with E-state index in [9.17, 15) is 18.0 Å². The van der Waals surface area contributed by atoms with Gasteiger partial charge in [-0.3, -0.25) is 4.79 Å². The summed E-state index contributed by atoms with van der Waals surface area (Å²) in [5.74, 6) is -0.984. The summed E-state index contributed by atoms with van der Waals surface area (Å²) >= 11 is 0. The molecule has 7 nitrogen and oxygen atoms in total. The molecule has 0 radical (unpaired) electrons. The Bertz CT molecular complexity index is 1080. The minimum atomic E-state index is -3.62. The van der Waals surface area contributed by atoms with Gasteiger partial charge in [-0.15, -0.1) is 0 Å². The van der Waals surface area contributed by atoms with Crippen molar-refractivity contribution in [3.63, 3.8) is 0 Å². The van der Waals surface area contributed by atoms with Crippen LogP contribution in [0, 0.1) is 0 Å². The first-order chi connectivity index (χ1) is 14.4. The number of aryl methyl sites for hydroxylation is 3. The largest absolute Gasteiger partial charge is 0.453 e. The van der Waals surface area contributed by atoms with E-state index in [1.54, 1.807) is 13.1 Å². The molecule has 0 atom stereocenters. The molecule has 0 N–H and O–H groups in total. The van der Waals surface area contributed by atoms with Crippen LogP contribution in [0.4, 0.5) is 0 Å². The zero-order chi connectivity index (χ0) is 21.3. The third kappa shape index (κ3) is 4.06. The van der Waals surface area contributed by atoms with Crippen LogP contribution in [-0.4, -0.2) is 48.7 Å². The predicted molar refractivity (Wildman–Crippen MR) is 111 cm³/mol. The van der Waals surface area contributed by atoms with E-state index in [0.717, 1.165) is 32.1 Å². The Hall–Kier alpha value is -2.45. The SMILES string of the molecule is Cn1cc(S(=O)(=O)N2CCCC2)cc1C(=O)OCC(=O)c1ccc2c(c1)CCCC2. The van der Waals surface area contributed by atoms with Crippen LogP contribution in [0.1, 0.15) is 57.7 Å². The molecule has 1 saturated heterocycles. The third-order valence-electron chi connectivity index (χ3n) is 5.90. The first-order valence-electron chi connectivity index (χ1n) is 10.3. The highest BCUT2D eigenvalue weighted by molar-refractivity contribution is 7.89. The van der Waals surface area contributed by atoms with Gasteiger partial charge in [-0.05, 0) is 61.8 Å². The fourth-order valence-corrected chi connectivity index (χ4v) is 5.74. The summed E-state index contributed by atoms with van der Waals surface area (Å²) in [6.45, 7) is 0.607.